The molecule has 3 N–H and O–H groups in total. The van der Waals surface area contributed by atoms with Crippen LogP contribution in [-0.4, -0.2) is 44.8 Å². The zero-order valence-electron chi connectivity index (χ0n) is 10.3. The van der Waals surface area contributed by atoms with Crippen LogP contribution >= 0.6 is 0 Å². The zero-order valence-corrected chi connectivity index (χ0v) is 10.3. The van der Waals surface area contributed by atoms with Gasteiger partial charge < -0.3 is 20.2 Å². The third-order valence-corrected chi connectivity index (χ3v) is 3.22. The quantitative estimate of drug-likeness (QED) is 0.702. The van der Waals surface area contributed by atoms with E-state index in [4.69, 9.17) is 0 Å². The lowest BCUT2D eigenvalue weighted by Crippen LogP contribution is -2.63. The summed E-state index contributed by atoms with van der Waals surface area (Å²) in [5.74, 6) is -1.09. The number of carbonyl (C=O) groups is 1. The van der Waals surface area contributed by atoms with Gasteiger partial charge in [0.25, 0.3) is 5.91 Å². The molecule has 1 heterocycles. The van der Waals surface area contributed by atoms with Gasteiger partial charge in [0.15, 0.2) is 11.5 Å². The van der Waals surface area contributed by atoms with Gasteiger partial charge in [-0.25, -0.2) is 0 Å². The summed E-state index contributed by atoms with van der Waals surface area (Å²) in [7, 11) is 0. The largest absolute Gasteiger partial charge is 0.504 e. The lowest BCUT2D eigenvalue weighted by molar-refractivity contribution is -0.0860. The monoisotopic (exact) mass is 251 g/mol. The van der Waals surface area contributed by atoms with E-state index in [1.54, 1.807) is 0 Å². The molecule has 0 atom stereocenters. The Morgan fingerprint density at radius 1 is 1.39 bits per heavy atom. The standard InChI is InChI=1S/C13H17NO4/c1-2-6-13(18)7-14(8-13)12(17)9-4-3-5-10(15)11(9)16/h3-5,15-16,18H,2,6-8H2,1H3. The van der Waals surface area contributed by atoms with Gasteiger partial charge >= 0.3 is 0 Å². The Morgan fingerprint density at radius 3 is 2.67 bits per heavy atom. The molecule has 1 saturated heterocycles. The van der Waals surface area contributed by atoms with Crippen molar-refractivity contribution in [3.8, 4) is 11.5 Å². The van der Waals surface area contributed by atoms with Crippen molar-refractivity contribution in [2.24, 2.45) is 0 Å². The van der Waals surface area contributed by atoms with Crippen molar-refractivity contribution in [3.05, 3.63) is 23.8 Å². The van der Waals surface area contributed by atoms with Gasteiger partial charge in [-0.05, 0) is 18.6 Å². The highest BCUT2D eigenvalue weighted by molar-refractivity contribution is 5.98. The fourth-order valence-corrected chi connectivity index (χ4v) is 2.31. The molecule has 1 aromatic rings. The summed E-state index contributed by atoms with van der Waals surface area (Å²) in [5.41, 5.74) is -0.731. The molecule has 1 fully saturated rings. The summed E-state index contributed by atoms with van der Waals surface area (Å²) < 4.78 is 0. The van der Waals surface area contributed by atoms with Gasteiger partial charge in [-0.1, -0.05) is 19.4 Å². The van der Waals surface area contributed by atoms with E-state index in [9.17, 15) is 20.1 Å². The van der Waals surface area contributed by atoms with Crippen LogP contribution in [0.1, 0.15) is 30.1 Å². The van der Waals surface area contributed by atoms with Crippen molar-refractivity contribution >= 4 is 5.91 Å². The number of amides is 1. The lowest BCUT2D eigenvalue weighted by atomic mass is 9.88. The molecule has 2 rings (SSSR count). The zero-order chi connectivity index (χ0) is 13.3. The molecule has 0 aliphatic carbocycles. The van der Waals surface area contributed by atoms with Gasteiger partial charge in [0.2, 0.25) is 0 Å². The van der Waals surface area contributed by atoms with Gasteiger partial charge in [0, 0.05) is 0 Å². The average Bonchev–Trinajstić information content (AvgIpc) is 2.29. The highest BCUT2D eigenvalue weighted by Gasteiger charge is 2.43. The number of hydrogen-bond donors (Lipinski definition) is 3. The minimum absolute atomic E-state index is 0.0635. The topological polar surface area (TPSA) is 81.0 Å². The van der Waals surface area contributed by atoms with Crippen molar-refractivity contribution in [1.29, 1.82) is 0 Å². The maximum atomic E-state index is 12.0. The Kier molecular flexibility index (Phi) is 3.17. The third kappa shape index (κ3) is 2.13. The molecule has 0 unspecified atom stereocenters. The molecule has 1 amide bonds. The van der Waals surface area contributed by atoms with E-state index in [2.05, 4.69) is 0 Å². The van der Waals surface area contributed by atoms with E-state index >= 15 is 0 Å². The molecule has 5 heteroatoms. The number of hydrogen-bond acceptors (Lipinski definition) is 4. The Balaban J connectivity index is 2.08. The first-order valence-electron chi connectivity index (χ1n) is 5.99. The minimum atomic E-state index is -0.795. The van der Waals surface area contributed by atoms with Crippen LogP contribution in [0.2, 0.25) is 0 Å². The Morgan fingerprint density at radius 2 is 2.06 bits per heavy atom. The number of phenolic OH excluding ortho intramolecular Hbond substituents is 2. The van der Waals surface area contributed by atoms with Crippen molar-refractivity contribution in [3.63, 3.8) is 0 Å². The molecular weight excluding hydrogens is 234 g/mol. The SMILES string of the molecule is CCCC1(O)CN(C(=O)c2cccc(O)c2O)C1. The Labute approximate surface area is 105 Å². The number of aliphatic hydroxyl groups is 1. The fourth-order valence-electron chi connectivity index (χ4n) is 2.31. The summed E-state index contributed by atoms with van der Waals surface area (Å²) in [6, 6.07) is 4.27. The number of rotatable bonds is 3. The van der Waals surface area contributed by atoms with E-state index in [0.29, 0.717) is 6.42 Å². The summed E-state index contributed by atoms with van der Waals surface area (Å²) in [6.07, 6.45) is 1.51. The summed E-state index contributed by atoms with van der Waals surface area (Å²) in [4.78, 5) is 13.5. The molecule has 1 aliphatic heterocycles. The smallest absolute Gasteiger partial charge is 0.257 e. The predicted molar refractivity (Wildman–Crippen MR) is 65.5 cm³/mol. The van der Waals surface area contributed by atoms with Crippen LogP contribution < -0.4 is 0 Å². The minimum Gasteiger partial charge on any atom is -0.504 e. The molecular formula is C13H17NO4. The summed E-state index contributed by atoms with van der Waals surface area (Å²) in [5, 5.41) is 28.9. The van der Waals surface area contributed by atoms with E-state index in [0.717, 1.165) is 6.42 Å². The van der Waals surface area contributed by atoms with Crippen LogP contribution in [0.15, 0.2) is 18.2 Å². The van der Waals surface area contributed by atoms with Crippen LogP contribution in [0.5, 0.6) is 11.5 Å². The summed E-state index contributed by atoms with van der Waals surface area (Å²) >= 11 is 0. The van der Waals surface area contributed by atoms with E-state index in [1.165, 1.54) is 23.1 Å². The van der Waals surface area contributed by atoms with Crippen LogP contribution in [0.3, 0.4) is 0 Å². The number of likely N-dealkylation sites (tertiary alicyclic amines) is 1. The molecule has 1 aliphatic rings. The second-order valence-electron chi connectivity index (χ2n) is 4.81. The maximum Gasteiger partial charge on any atom is 0.257 e. The fraction of sp³-hybridized carbons (Fsp3) is 0.462. The number of para-hydroxylation sites is 1. The highest BCUT2D eigenvalue weighted by atomic mass is 16.3. The van der Waals surface area contributed by atoms with Gasteiger partial charge in [-0.3, -0.25) is 4.79 Å². The van der Waals surface area contributed by atoms with Crippen LogP contribution in [0.4, 0.5) is 0 Å². The van der Waals surface area contributed by atoms with Crippen LogP contribution in [-0.2, 0) is 0 Å². The van der Waals surface area contributed by atoms with E-state index in [1.807, 2.05) is 6.92 Å². The van der Waals surface area contributed by atoms with Crippen LogP contribution in [0.25, 0.3) is 0 Å². The van der Waals surface area contributed by atoms with Crippen molar-refractivity contribution in [2.45, 2.75) is 25.4 Å². The first-order valence-corrected chi connectivity index (χ1v) is 5.99. The Hall–Kier alpha value is -1.75. The Bertz CT molecular complexity index is 466. The molecule has 0 spiro atoms. The maximum absolute atomic E-state index is 12.0. The second-order valence-corrected chi connectivity index (χ2v) is 4.81. The lowest BCUT2D eigenvalue weighted by Gasteiger charge is -2.46. The van der Waals surface area contributed by atoms with Crippen molar-refractivity contribution in [2.75, 3.05) is 13.1 Å². The average molecular weight is 251 g/mol. The van der Waals surface area contributed by atoms with Gasteiger partial charge in [0.1, 0.15) is 0 Å². The van der Waals surface area contributed by atoms with E-state index in [-0.39, 0.29) is 30.3 Å². The first kappa shape index (κ1) is 12.7. The number of β-amino-alcohol motifs (C(OH)–C–C–N with tert-alkyl or cyclic N) is 1. The normalized spacial score (nSPS) is 17.3. The molecule has 0 bridgehead atoms. The van der Waals surface area contributed by atoms with Crippen molar-refractivity contribution < 1.29 is 20.1 Å². The van der Waals surface area contributed by atoms with Crippen molar-refractivity contribution in [1.82, 2.24) is 4.90 Å². The van der Waals surface area contributed by atoms with Crippen LogP contribution in [0, 0.1) is 0 Å². The van der Waals surface area contributed by atoms with Gasteiger partial charge in [-0.2, -0.15) is 0 Å². The number of phenols is 2. The first-order chi connectivity index (χ1) is 8.47. The highest BCUT2D eigenvalue weighted by Crippen LogP contribution is 2.32. The molecule has 0 aromatic heterocycles. The number of aromatic hydroxyl groups is 2. The van der Waals surface area contributed by atoms with Gasteiger partial charge in [-0.15, -0.1) is 0 Å². The number of nitrogens with zero attached hydrogens (tertiary/aromatic N) is 1. The van der Waals surface area contributed by atoms with Gasteiger partial charge in [0.05, 0.1) is 24.3 Å². The third-order valence-electron chi connectivity index (χ3n) is 3.22. The molecule has 98 valence electrons. The number of carbonyl (C=O) groups excluding carboxylic acids is 1. The molecule has 5 nitrogen and oxygen atoms in total. The molecule has 0 radical (unpaired) electrons. The van der Waals surface area contributed by atoms with E-state index < -0.39 is 11.4 Å². The molecule has 0 saturated carbocycles. The number of benzene rings is 1. The second kappa shape index (κ2) is 4.49. The predicted octanol–water partition coefficient (Wildman–Crippen LogP) is 1.08. The molecule has 1 aromatic carbocycles. The summed E-state index contributed by atoms with van der Waals surface area (Å²) in [6.45, 7) is 2.52. The molecule has 18 heavy (non-hydrogen) atoms.